The molecule has 2 aromatic heterocycles. The molecule has 31 heavy (non-hydrogen) atoms. The van der Waals surface area contributed by atoms with Crippen LogP contribution >= 0.6 is 11.3 Å². The fraction of sp³-hybridized carbons (Fsp3) is 0.450. The van der Waals surface area contributed by atoms with E-state index in [9.17, 15) is 23.4 Å². The quantitative estimate of drug-likeness (QED) is 0.434. The molecule has 1 aliphatic carbocycles. The van der Waals surface area contributed by atoms with Crippen molar-refractivity contribution in [3.63, 3.8) is 0 Å². The number of aliphatic hydroxyl groups is 2. The Kier molecular flexibility index (Phi) is 5.75. The Morgan fingerprint density at radius 2 is 1.84 bits per heavy atom. The number of alkyl halides is 3. The molecule has 3 aromatic rings. The monoisotopic (exact) mass is 453 g/mol. The summed E-state index contributed by atoms with van der Waals surface area (Å²) in [7, 11) is 0. The molecule has 1 fully saturated rings. The van der Waals surface area contributed by atoms with Crippen molar-refractivity contribution >= 4 is 33.3 Å². The highest BCUT2D eigenvalue weighted by Crippen LogP contribution is 2.43. The average molecular weight is 453 g/mol. The van der Waals surface area contributed by atoms with E-state index in [0.717, 1.165) is 10.2 Å². The Morgan fingerprint density at radius 1 is 1.13 bits per heavy atom. The first-order valence-corrected chi connectivity index (χ1v) is 10.6. The Hall–Kier alpha value is -2.50. The molecule has 0 aliphatic heterocycles. The predicted molar refractivity (Wildman–Crippen MR) is 113 cm³/mol. The van der Waals surface area contributed by atoms with Crippen LogP contribution in [0.25, 0.3) is 20.8 Å². The number of hydrogen-bond acceptors (Lipinski definition) is 8. The van der Waals surface area contributed by atoms with Gasteiger partial charge in [-0.25, -0.2) is 9.97 Å². The minimum Gasteiger partial charge on any atom is -0.396 e. The largest absolute Gasteiger partial charge is 0.405 e. The van der Waals surface area contributed by atoms with Crippen LogP contribution in [0.15, 0.2) is 24.3 Å². The van der Waals surface area contributed by atoms with E-state index in [1.165, 1.54) is 11.3 Å². The standard InChI is InChI=1S/C20H22F3N5O2S/c1-11-15(17-27-13-4-2-3-5-14(13)31-17)16(26-12-6-19(7-12,9-29)10-30)28-18(25-11)24-8-20(21,22)23/h2-5,12,29-30H,6-10H2,1H3,(H2,24,25,26,28). The van der Waals surface area contributed by atoms with E-state index < -0.39 is 18.1 Å². The number of fused-ring (bicyclic) bond motifs is 1. The molecule has 1 saturated carbocycles. The molecule has 11 heteroatoms. The number of halogens is 3. The first-order chi connectivity index (χ1) is 14.7. The number of para-hydroxylation sites is 1. The molecule has 0 bridgehead atoms. The summed E-state index contributed by atoms with van der Waals surface area (Å²) in [6, 6.07) is 7.55. The second kappa shape index (κ2) is 8.21. The van der Waals surface area contributed by atoms with Crippen LogP contribution in [0.2, 0.25) is 0 Å². The summed E-state index contributed by atoms with van der Waals surface area (Å²) in [5.41, 5.74) is 1.39. The number of nitrogens with zero attached hydrogens (tertiary/aromatic N) is 3. The summed E-state index contributed by atoms with van der Waals surface area (Å²) in [5, 5.41) is 25.2. The van der Waals surface area contributed by atoms with Gasteiger partial charge in [-0.3, -0.25) is 0 Å². The van der Waals surface area contributed by atoms with Gasteiger partial charge in [0.25, 0.3) is 0 Å². The fourth-order valence-corrected chi connectivity index (χ4v) is 4.82. The maximum absolute atomic E-state index is 12.7. The summed E-state index contributed by atoms with van der Waals surface area (Å²) < 4.78 is 38.9. The highest BCUT2D eigenvalue weighted by Gasteiger charge is 2.44. The van der Waals surface area contributed by atoms with Crippen molar-refractivity contribution in [1.29, 1.82) is 0 Å². The third-order valence-electron chi connectivity index (χ3n) is 5.42. The van der Waals surface area contributed by atoms with Gasteiger partial charge < -0.3 is 20.8 Å². The maximum Gasteiger partial charge on any atom is 0.405 e. The van der Waals surface area contributed by atoms with Crippen molar-refractivity contribution in [2.75, 3.05) is 30.4 Å². The molecule has 2 heterocycles. The molecule has 0 amide bonds. The van der Waals surface area contributed by atoms with E-state index in [1.807, 2.05) is 24.3 Å². The second-order valence-corrected chi connectivity index (χ2v) is 8.91. The zero-order chi connectivity index (χ0) is 22.2. The third kappa shape index (κ3) is 4.58. The van der Waals surface area contributed by atoms with Crippen LogP contribution in [0.5, 0.6) is 0 Å². The fourth-order valence-electron chi connectivity index (χ4n) is 3.76. The first kappa shape index (κ1) is 21.7. The number of benzene rings is 1. The van der Waals surface area contributed by atoms with Gasteiger partial charge in [0.15, 0.2) is 0 Å². The summed E-state index contributed by atoms with van der Waals surface area (Å²) in [6.07, 6.45) is -3.35. The number of aliphatic hydroxyl groups excluding tert-OH is 2. The maximum atomic E-state index is 12.7. The van der Waals surface area contributed by atoms with Crippen LogP contribution in [0.3, 0.4) is 0 Å². The molecule has 1 aliphatic rings. The molecule has 166 valence electrons. The van der Waals surface area contributed by atoms with Crippen molar-refractivity contribution in [2.45, 2.75) is 32.0 Å². The Balaban J connectivity index is 1.69. The molecular weight excluding hydrogens is 431 g/mol. The van der Waals surface area contributed by atoms with Gasteiger partial charge in [-0.05, 0) is 31.9 Å². The second-order valence-electron chi connectivity index (χ2n) is 7.88. The van der Waals surface area contributed by atoms with Gasteiger partial charge in [0, 0.05) is 11.5 Å². The van der Waals surface area contributed by atoms with Gasteiger partial charge in [0.2, 0.25) is 5.95 Å². The number of thiazole rings is 1. The van der Waals surface area contributed by atoms with E-state index in [0.29, 0.717) is 34.9 Å². The number of nitrogens with one attached hydrogen (secondary N) is 2. The van der Waals surface area contributed by atoms with Crippen LogP contribution in [0.1, 0.15) is 18.5 Å². The van der Waals surface area contributed by atoms with Crippen molar-refractivity contribution in [3.05, 3.63) is 30.0 Å². The number of aryl methyl sites for hydroxylation is 1. The minimum atomic E-state index is -4.40. The Bertz CT molecular complexity index is 1040. The SMILES string of the molecule is Cc1nc(NCC(F)(F)F)nc(NC2CC(CO)(CO)C2)c1-c1nc2ccccc2s1. The molecule has 4 N–H and O–H groups in total. The van der Waals surface area contributed by atoms with Crippen LogP contribution in [-0.2, 0) is 0 Å². The van der Waals surface area contributed by atoms with Crippen LogP contribution < -0.4 is 10.6 Å². The topological polar surface area (TPSA) is 103 Å². The Morgan fingerprint density at radius 3 is 2.48 bits per heavy atom. The molecule has 0 atom stereocenters. The van der Waals surface area contributed by atoms with Gasteiger partial charge >= 0.3 is 6.18 Å². The lowest BCUT2D eigenvalue weighted by atomic mass is 9.66. The third-order valence-corrected chi connectivity index (χ3v) is 6.47. The molecule has 0 unspecified atom stereocenters. The van der Waals surface area contributed by atoms with E-state index in [2.05, 4.69) is 25.6 Å². The highest BCUT2D eigenvalue weighted by molar-refractivity contribution is 7.21. The summed E-state index contributed by atoms with van der Waals surface area (Å²) in [4.78, 5) is 13.2. The van der Waals surface area contributed by atoms with Crippen molar-refractivity contribution in [1.82, 2.24) is 15.0 Å². The van der Waals surface area contributed by atoms with Gasteiger partial charge in [-0.2, -0.15) is 18.2 Å². The zero-order valence-corrected chi connectivity index (χ0v) is 17.5. The average Bonchev–Trinajstić information content (AvgIpc) is 3.11. The highest BCUT2D eigenvalue weighted by atomic mass is 32.1. The normalized spacial score (nSPS) is 16.3. The smallest absolute Gasteiger partial charge is 0.396 e. The Labute approximate surface area is 180 Å². The molecule has 1 aromatic carbocycles. The summed E-state index contributed by atoms with van der Waals surface area (Å²) >= 11 is 1.45. The van der Waals surface area contributed by atoms with Crippen molar-refractivity contribution in [2.24, 2.45) is 5.41 Å². The minimum absolute atomic E-state index is 0.0859. The van der Waals surface area contributed by atoms with Crippen molar-refractivity contribution < 1.29 is 23.4 Å². The lowest BCUT2D eigenvalue weighted by Crippen LogP contribution is -2.49. The number of rotatable bonds is 7. The van der Waals surface area contributed by atoms with Gasteiger partial charge in [-0.1, -0.05) is 12.1 Å². The first-order valence-electron chi connectivity index (χ1n) is 9.75. The molecule has 7 nitrogen and oxygen atoms in total. The number of hydrogen-bond donors (Lipinski definition) is 4. The van der Waals surface area contributed by atoms with Crippen LogP contribution in [0.4, 0.5) is 24.9 Å². The van der Waals surface area contributed by atoms with E-state index >= 15 is 0 Å². The van der Waals surface area contributed by atoms with Crippen molar-refractivity contribution in [3.8, 4) is 10.6 Å². The molecule has 0 saturated heterocycles. The van der Waals surface area contributed by atoms with E-state index in [-0.39, 0.29) is 25.2 Å². The van der Waals surface area contributed by atoms with Crippen LogP contribution in [-0.4, -0.2) is 57.1 Å². The zero-order valence-electron chi connectivity index (χ0n) is 16.7. The van der Waals surface area contributed by atoms with E-state index in [1.54, 1.807) is 6.92 Å². The predicted octanol–water partition coefficient (Wildman–Crippen LogP) is 3.58. The lowest BCUT2D eigenvalue weighted by molar-refractivity contribution is -0.115. The van der Waals surface area contributed by atoms with E-state index in [4.69, 9.17) is 0 Å². The van der Waals surface area contributed by atoms with Gasteiger partial charge in [0.1, 0.15) is 17.4 Å². The number of anilines is 2. The lowest BCUT2D eigenvalue weighted by Gasteiger charge is -2.46. The molecule has 0 radical (unpaired) electrons. The van der Waals surface area contributed by atoms with Crippen LogP contribution in [0, 0.1) is 12.3 Å². The van der Waals surface area contributed by atoms with Gasteiger partial charge in [-0.15, -0.1) is 11.3 Å². The molecule has 0 spiro atoms. The summed E-state index contributed by atoms with van der Waals surface area (Å²) in [5.74, 6) is 0.253. The summed E-state index contributed by atoms with van der Waals surface area (Å²) in [6.45, 7) is 0.203. The molecule has 4 rings (SSSR count). The van der Waals surface area contributed by atoms with Gasteiger partial charge in [0.05, 0.1) is 34.7 Å². The molecular formula is C20H22F3N5O2S. The number of aromatic nitrogens is 3.